The van der Waals surface area contributed by atoms with Crippen molar-refractivity contribution < 1.29 is 13.2 Å². The van der Waals surface area contributed by atoms with E-state index in [4.69, 9.17) is 0 Å². The molecule has 3 rings (SSSR count). The van der Waals surface area contributed by atoms with E-state index >= 15 is 0 Å². The first kappa shape index (κ1) is 11.0. The lowest BCUT2D eigenvalue weighted by Gasteiger charge is -2.23. The van der Waals surface area contributed by atoms with Gasteiger partial charge in [0.1, 0.15) is 4.75 Å². The van der Waals surface area contributed by atoms with Gasteiger partial charge in [-0.25, -0.2) is 8.42 Å². The molecule has 90 valence electrons. The fourth-order valence-corrected chi connectivity index (χ4v) is 4.62. The second-order valence-corrected chi connectivity index (χ2v) is 7.23. The highest BCUT2D eigenvalue weighted by molar-refractivity contribution is 7.93. The topological polar surface area (TPSA) is 51.2 Å². The molecule has 0 unspecified atom stereocenters. The molecule has 1 heterocycles. The van der Waals surface area contributed by atoms with E-state index < -0.39 is 14.6 Å². The third-order valence-corrected chi connectivity index (χ3v) is 6.36. The zero-order valence-corrected chi connectivity index (χ0v) is 10.5. The Bertz CT molecular complexity index is 610. The van der Waals surface area contributed by atoms with Crippen molar-refractivity contribution in [3.8, 4) is 0 Å². The first-order chi connectivity index (χ1) is 8.00. The number of Topliss-reactive ketones (excluding diaryl/α,β-unsaturated/α-hetero) is 1. The monoisotopic (exact) mass is 250 g/mol. The number of sulfone groups is 1. The summed E-state index contributed by atoms with van der Waals surface area (Å²) in [7, 11) is -3.28. The largest absolute Gasteiger partial charge is 0.292 e. The first-order valence-electron chi connectivity index (χ1n) is 5.89. The fourth-order valence-electron chi connectivity index (χ4n) is 2.56. The Balaban J connectivity index is 2.21. The van der Waals surface area contributed by atoms with E-state index in [-0.39, 0.29) is 11.5 Å². The van der Waals surface area contributed by atoms with Crippen LogP contribution in [-0.4, -0.2) is 18.9 Å². The lowest BCUT2D eigenvalue weighted by atomic mass is 9.97. The molecule has 0 amide bonds. The summed E-state index contributed by atoms with van der Waals surface area (Å²) in [5, 5.41) is 0. The van der Waals surface area contributed by atoms with Gasteiger partial charge >= 0.3 is 0 Å². The molecule has 4 heteroatoms. The SMILES string of the molecule is CCc1ccc2c(c1)C(=O)C1(CC1)S(=O)(=O)C2. The summed E-state index contributed by atoms with van der Waals surface area (Å²) in [4.78, 5) is 12.3. The summed E-state index contributed by atoms with van der Waals surface area (Å²) in [5.41, 5.74) is 2.40. The summed E-state index contributed by atoms with van der Waals surface area (Å²) in [5.74, 6) is -0.146. The molecule has 2 aliphatic rings. The molecule has 0 atom stereocenters. The van der Waals surface area contributed by atoms with Crippen LogP contribution in [0.15, 0.2) is 18.2 Å². The van der Waals surface area contributed by atoms with Crippen LogP contribution in [0.1, 0.15) is 41.3 Å². The minimum Gasteiger partial charge on any atom is -0.292 e. The van der Waals surface area contributed by atoms with Gasteiger partial charge in [-0.2, -0.15) is 0 Å². The molecular formula is C13H14O3S. The van der Waals surface area contributed by atoms with Crippen molar-refractivity contribution in [2.75, 3.05) is 0 Å². The van der Waals surface area contributed by atoms with Gasteiger partial charge in [0.2, 0.25) is 0 Å². The number of carbonyl (C=O) groups excluding carboxylic acids is 1. The number of ketones is 1. The average molecular weight is 250 g/mol. The van der Waals surface area contributed by atoms with Gasteiger partial charge in [-0.15, -0.1) is 0 Å². The second kappa shape index (κ2) is 3.19. The highest BCUT2D eigenvalue weighted by Crippen LogP contribution is 2.50. The van der Waals surface area contributed by atoms with Crippen LogP contribution in [0.25, 0.3) is 0 Å². The van der Waals surface area contributed by atoms with Crippen molar-refractivity contribution in [1.82, 2.24) is 0 Å². The van der Waals surface area contributed by atoms with Crippen molar-refractivity contribution in [1.29, 1.82) is 0 Å². The Morgan fingerprint density at radius 1 is 1.29 bits per heavy atom. The van der Waals surface area contributed by atoms with Crippen LogP contribution in [0.3, 0.4) is 0 Å². The van der Waals surface area contributed by atoms with Crippen molar-refractivity contribution in [2.45, 2.75) is 36.7 Å². The van der Waals surface area contributed by atoms with Crippen molar-refractivity contribution in [3.63, 3.8) is 0 Å². The molecule has 0 saturated heterocycles. The van der Waals surface area contributed by atoms with Gasteiger partial charge in [0.25, 0.3) is 0 Å². The van der Waals surface area contributed by atoms with Crippen LogP contribution in [0.4, 0.5) is 0 Å². The summed E-state index contributed by atoms with van der Waals surface area (Å²) in [6.45, 7) is 2.03. The van der Waals surface area contributed by atoms with Crippen LogP contribution < -0.4 is 0 Å². The Labute approximate surface area is 101 Å². The molecule has 0 N–H and O–H groups in total. The average Bonchev–Trinajstić information content (AvgIpc) is 3.08. The first-order valence-corrected chi connectivity index (χ1v) is 7.54. The Kier molecular flexibility index (Phi) is 2.06. The predicted octanol–water partition coefficient (Wildman–Crippen LogP) is 1.89. The maximum absolute atomic E-state index is 12.3. The van der Waals surface area contributed by atoms with Crippen LogP contribution >= 0.6 is 0 Å². The van der Waals surface area contributed by atoms with E-state index in [1.54, 1.807) is 6.07 Å². The minimum atomic E-state index is -3.28. The molecule has 0 bridgehead atoms. The van der Waals surface area contributed by atoms with E-state index in [0.29, 0.717) is 24.0 Å². The van der Waals surface area contributed by atoms with Gasteiger partial charge in [0.15, 0.2) is 15.6 Å². The van der Waals surface area contributed by atoms with Crippen LogP contribution in [0.5, 0.6) is 0 Å². The zero-order valence-electron chi connectivity index (χ0n) is 9.69. The van der Waals surface area contributed by atoms with Gasteiger partial charge in [-0.3, -0.25) is 4.79 Å². The Morgan fingerprint density at radius 2 is 2.00 bits per heavy atom. The molecule has 1 spiro atoms. The molecule has 1 aliphatic heterocycles. The van der Waals surface area contributed by atoms with Gasteiger partial charge in [0, 0.05) is 5.56 Å². The van der Waals surface area contributed by atoms with Crippen LogP contribution in [-0.2, 0) is 22.0 Å². The standard InChI is InChI=1S/C13H14O3S/c1-2-9-3-4-10-8-17(15,16)13(5-6-13)12(14)11(10)7-9/h3-4,7H,2,5-6,8H2,1H3. The Morgan fingerprint density at radius 3 is 2.59 bits per heavy atom. The molecule has 3 nitrogen and oxygen atoms in total. The summed E-state index contributed by atoms with van der Waals surface area (Å²) in [6.07, 6.45) is 1.87. The molecule has 17 heavy (non-hydrogen) atoms. The van der Waals surface area contributed by atoms with Crippen molar-refractivity contribution in [3.05, 3.63) is 34.9 Å². The normalized spacial score (nSPS) is 23.5. The molecule has 1 aromatic rings. The smallest absolute Gasteiger partial charge is 0.184 e. The second-order valence-electron chi connectivity index (χ2n) is 4.93. The number of aryl methyl sites for hydroxylation is 1. The quantitative estimate of drug-likeness (QED) is 0.764. The number of hydrogen-bond acceptors (Lipinski definition) is 3. The summed E-state index contributed by atoms with van der Waals surface area (Å²) in [6, 6.07) is 5.57. The molecule has 1 fully saturated rings. The maximum atomic E-state index is 12.3. The zero-order chi connectivity index (χ0) is 12.3. The number of rotatable bonds is 1. The summed E-state index contributed by atoms with van der Waals surface area (Å²) < 4.78 is 23.1. The van der Waals surface area contributed by atoms with Gasteiger partial charge in [-0.1, -0.05) is 19.1 Å². The minimum absolute atomic E-state index is 0.0259. The molecule has 1 aliphatic carbocycles. The number of benzene rings is 1. The fraction of sp³-hybridized carbons (Fsp3) is 0.462. The number of hydrogen-bond donors (Lipinski definition) is 0. The van der Waals surface area contributed by atoms with Crippen molar-refractivity contribution >= 4 is 15.6 Å². The van der Waals surface area contributed by atoms with Crippen LogP contribution in [0.2, 0.25) is 0 Å². The summed E-state index contributed by atoms with van der Waals surface area (Å²) >= 11 is 0. The lowest BCUT2D eigenvalue weighted by Crippen LogP contribution is -2.38. The van der Waals surface area contributed by atoms with Gasteiger partial charge in [-0.05, 0) is 36.5 Å². The predicted molar refractivity (Wildman–Crippen MR) is 64.7 cm³/mol. The lowest BCUT2D eigenvalue weighted by molar-refractivity contribution is 0.0975. The van der Waals surface area contributed by atoms with E-state index in [1.807, 2.05) is 19.1 Å². The number of fused-ring (bicyclic) bond motifs is 1. The molecular weight excluding hydrogens is 236 g/mol. The van der Waals surface area contributed by atoms with E-state index in [9.17, 15) is 13.2 Å². The molecule has 0 radical (unpaired) electrons. The molecule has 1 aromatic carbocycles. The van der Waals surface area contributed by atoms with Crippen molar-refractivity contribution in [2.24, 2.45) is 0 Å². The molecule has 0 aromatic heterocycles. The van der Waals surface area contributed by atoms with Gasteiger partial charge < -0.3 is 0 Å². The van der Waals surface area contributed by atoms with Crippen LogP contribution in [0, 0.1) is 0 Å². The molecule has 1 saturated carbocycles. The van der Waals surface area contributed by atoms with E-state index in [1.165, 1.54) is 0 Å². The van der Waals surface area contributed by atoms with E-state index in [2.05, 4.69) is 0 Å². The number of carbonyl (C=O) groups is 1. The third kappa shape index (κ3) is 1.33. The maximum Gasteiger partial charge on any atom is 0.184 e. The third-order valence-electron chi connectivity index (χ3n) is 3.89. The highest BCUT2D eigenvalue weighted by atomic mass is 32.2. The van der Waals surface area contributed by atoms with Gasteiger partial charge in [0.05, 0.1) is 5.75 Å². The van der Waals surface area contributed by atoms with E-state index in [0.717, 1.165) is 12.0 Å². The highest BCUT2D eigenvalue weighted by Gasteiger charge is 2.62. The Hall–Kier alpha value is -1.16.